The Hall–Kier alpha value is -7.03. The van der Waals surface area contributed by atoms with Crippen molar-refractivity contribution < 1.29 is 0 Å². The SMILES string of the molecule is CC1(C)c2ccccc2-c2cccc(-c3c4ccccc4c(-c4ccccc4)c4cc(-c5ccc6c(c5)c5ccccc5c(=O)n6-c5ccccc5)ccc34)c21. The van der Waals surface area contributed by atoms with Crippen molar-refractivity contribution in [1.82, 2.24) is 4.57 Å². The Balaban J connectivity index is 1.22. The minimum absolute atomic E-state index is 0.0108. The van der Waals surface area contributed by atoms with Crippen LogP contribution in [0.4, 0.5) is 0 Å². The van der Waals surface area contributed by atoms with Gasteiger partial charge in [-0.05, 0) is 119 Å². The van der Waals surface area contributed by atoms with Gasteiger partial charge in [0.2, 0.25) is 0 Å². The van der Waals surface area contributed by atoms with Gasteiger partial charge in [-0.15, -0.1) is 0 Å². The van der Waals surface area contributed by atoms with Gasteiger partial charge in [-0.2, -0.15) is 0 Å². The van der Waals surface area contributed by atoms with E-state index in [9.17, 15) is 4.79 Å². The lowest BCUT2D eigenvalue weighted by molar-refractivity contribution is 0.662. The molecule has 0 spiro atoms. The predicted octanol–water partition coefficient (Wildman–Crippen LogP) is 13.8. The topological polar surface area (TPSA) is 22.0 Å². The molecule has 1 heterocycles. The second-order valence-electron chi connectivity index (χ2n) is 15.6. The largest absolute Gasteiger partial charge is 0.276 e. The zero-order valence-corrected chi connectivity index (χ0v) is 31.3. The number of benzene rings is 9. The standard InChI is InChI=1S/C54H37NO/c1-54(2)48-27-14-13-21-39(48)43-25-15-26-45(52(43)54)51-41-23-11-10-22-40(41)50(34-16-5-3-6-17-34)47-33-35(28-30-42(47)51)36-29-31-49-46(32-36)38-20-9-12-24-44(38)53(56)55(49)37-18-7-4-8-19-37/h3-33H,1-2H3. The van der Waals surface area contributed by atoms with Crippen LogP contribution in [0.1, 0.15) is 25.0 Å². The van der Waals surface area contributed by atoms with Gasteiger partial charge in [0.25, 0.3) is 5.56 Å². The molecular formula is C54H37NO. The number of rotatable bonds is 4. The molecule has 1 aliphatic rings. The lowest BCUT2D eigenvalue weighted by Crippen LogP contribution is -2.19. The van der Waals surface area contributed by atoms with Crippen LogP contribution < -0.4 is 5.56 Å². The molecule has 1 aromatic heterocycles. The molecule has 264 valence electrons. The summed E-state index contributed by atoms with van der Waals surface area (Å²) in [6, 6.07) is 67.1. The summed E-state index contributed by atoms with van der Waals surface area (Å²) in [6.45, 7) is 4.76. The van der Waals surface area contributed by atoms with Crippen molar-refractivity contribution in [3.05, 3.63) is 210 Å². The summed E-state index contributed by atoms with van der Waals surface area (Å²) in [6.07, 6.45) is 0. The van der Waals surface area contributed by atoms with Crippen molar-refractivity contribution in [2.75, 3.05) is 0 Å². The Morgan fingerprint density at radius 2 is 0.946 bits per heavy atom. The summed E-state index contributed by atoms with van der Waals surface area (Å²) in [4.78, 5) is 14.0. The third-order valence-corrected chi connectivity index (χ3v) is 12.2. The maximum Gasteiger partial charge on any atom is 0.263 e. The van der Waals surface area contributed by atoms with Crippen molar-refractivity contribution in [3.63, 3.8) is 0 Å². The van der Waals surface area contributed by atoms with Crippen LogP contribution in [0.15, 0.2) is 193 Å². The molecule has 0 radical (unpaired) electrons. The maximum absolute atomic E-state index is 14.0. The first-order chi connectivity index (χ1) is 27.5. The average Bonchev–Trinajstić information content (AvgIpc) is 3.49. The number of hydrogen-bond acceptors (Lipinski definition) is 1. The minimum atomic E-state index is -0.164. The van der Waals surface area contributed by atoms with Crippen LogP contribution in [0.25, 0.3) is 93.4 Å². The van der Waals surface area contributed by atoms with E-state index in [1.807, 2.05) is 53.1 Å². The van der Waals surface area contributed by atoms with Crippen LogP contribution in [-0.4, -0.2) is 4.57 Å². The molecule has 0 fully saturated rings. The third-order valence-electron chi connectivity index (χ3n) is 12.2. The van der Waals surface area contributed by atoms with E-state index in [-0.39, 0.29) is 11.0 Å². The molecule has 0 amide bonds. The lowest BCUT2D eigenvalue weighted by Gasteiger charge is -2.26. The summed E-state index contributed by atoms with van der Waals surface area (Å²) < 4.78 is 1.85. The molecule has 0 atom stereocenters. The van der Waals surface area contributed by atoms with E-state index in [1.54, 1.807) is 0 Å². The van der Waals surface area contributed by atoms with Gasteiger partial charge in [0.1, 0.15) is 0 Å². The first kappa shape index (κ1) is 32.4. The second kappa shape index (κ2) is 12.2. The van der Waals surface area contributed by atoms with Gasteiger partial charge in [0.15, 0.2) is 0 Å². The van der Waals surface area contributed by atoms with Crippen molar-refractivity contribution in [2.24, 2.45) is 0 Å². The quantitative estimate of drug-likeness (QED) is 0.131. The van der Waals surface area contributed by atoms with Gasteiger partial charge < -0.3 is 0 Å². The molecule has 11 rings (SSSR count). The van der Waals surface area contributed by atoms with Crippen LogP contribution in [0.5, 0.6) is 0 Å². The van der Waals surface area contributed by atoms with E-state index in [0.29, 0.717) is 5.39 Å². The van der Waals surface area contributed by atoms with Gasteiger partial charge >= 0.3 is 0 Å². The van der Waals surface area contributed by atoms with Crippen LogP contribution in [-0.2, 0) is 5.41 Å². The molecular weight excluding hydrogens is 679 g/mol. The molecule has 0 N–H and O–H groups in total. The maximum atomic E-state index is 14.0. The van der Waals surface area contributed by atoms with E-state index in [0.717, 1.165) is 33.1 Å². The number of hydrogen-bond donors (Lipinski definition) is 0. The highest BCUT2D eigenvalue weighted by molar-refractivity contribution is 6.22. The van der Waals surface area contributed by atoms with Crippen molar-refractivity contribution >= 4 is 43.2 Å². The first-order valence-electron chi connectivity index (χ1n) is 19.4. The van der Waals surface area contributed by atoms with Crippen LogP contribution >= 0.6 is 0 Å². The van der Waals surface area contributed by atoms with Gasteiger partial charge in [0.05, 0.1) is 5.52 Å². The first-order valence-corrected chi connectivity index (χ1v) is 19.4. The fraction of sp³-hybridized carbons (Fsp3) is 0.0556. The Labute approximate surface area is 325 Å². The van der Waals surface area contributed by atoms with Gasteiger partial charge in [-0.25, -0.2) is 0 Å². The molecule has 2 nitrogen and oxygen atoms in total. The van der Waals surface area contributed by atoms with E-state index >= 15 is 0 Å². The van der Waals surface area contributed by atoms with Crippen LogP contribution in [0, 0.1) is 0 Å². The summed E-state index contributed by atoms with van der Waals surface area (Å²) in [5.41, 5.74) is 14.2. The molecule has 56 heavy (non-hydrogen) atoms. The van der Waals surface area contributed by atoms with E-state index in [2.05, 4.69) is 153 Å². The number of fused-ring (bicyclic) bond motifs is 8. The monoisotopic (exact) mass is 715 g/mol. The Kier molecular flexibility index (Phi) is 7.09. The number of nitrogens with zero attached hydrogens (tertiary/aromatic N) is 1. The van der Waals surface area contributed by atoms with Crippen LogP contribution in [0.3, 0.4) is 0 Å². The van der Waals surface area contributed by atoms with Crippen molar-refractivity contribution in [1.29, 1.82) is 0 Å². The number of para-hydroxylation sites is 1. The Morgan fingerprint density at radius 3 is 1.71 bits per heavy atom. The number of pyridine rings is 1. The van der Waals surface area contributed by atoms with E-state index < -0.39 is 0 Å². The van der Waals surface area contributed by atoms with E-state index in [1.165, 1.54) is 66.1 Å². The lowest BCUT2D eigenvalue weighted by atomic mass is 9.76. The fourth-order valence-electron chi connectivity index (χ4n) is 9.71. The van der Waals surface area contributed by atoms with Gasteiger partial charge in [0, 0.05) is 21.9 Å². The van der Waals surface area contributed by atoms with Crippen molar-refractivity contribution in [2.45, 2.75) is 19.3 Å². The molecule has 0 unspecified atom stereocenters. The Morgan fingerprint density at radius 1 is 0.393 bits per heavy atom. The van der Waals surface area contributed by atoms with Crippen molar-refractivity contribution in [3.8, 4) is 50.2 Å². The van der Waals surface area contributed by atoms with Gasteiger partial charge in [-0.3, -0.25) is 9.36 Å². The third kappa shape index (κ3) is 4.66. The van der Waals surface area contributed by atoms with Crippen LogP contribution in [0.2, 0.25) is 0 Å². The highest BCUT2D eigenvalue weighted by Crippen LogP contribution is 2.54. The molecule has 9 aromatic carbocycles. The zero-order valence-electron chi connectivity index (χ0n) is 31.3. The molecule has 0 saturated carbocycles. The highest BCUT2D eigenvalue weighted by atomic mass is 16.1. The zero-order chi connectivity index (χ0) is 37.5. The summed E-state index contributed by atoms with van der Waals surface area (Å²) in [5, 5.41) is 7.65. The molecule has 0 aliphatic heterocycles. The Bertz CT molecular complexity index is 3280. The molecule has 2 heteroatoms. The molecule has 1 aliphatic carbocycles. The summed E-state index contributed by atoms with van der Waals surface area (Å²) >= 11 is 0. The molecule has 0 bridgehead atoms. The molecule has 10 aromatic rings. The predicted molar refractivity (Wildman–Crippen MR) is 236 cm³/mol. The van der Waals surface area contributed by atoms with E-state index in [4.69, 9.17) is 0 Å². The summed E-state index contributed by atoms with van der Waals surface area (Å²) in [5.74, 6) is 0. The highest BCUT2D eigenvalue weighted by Gasteiger charge is 2.38. The second-order valence-corrected chi connectivity index (χ2v) is 15.6. The average molecular weight is 716 g/mol. The molecule has 0 saturated heterocycles. The smallest absolute Gasteiger partial charge is 0.263 e. The minimum Gasteiger partial charge on any atom is -0.276 e. The fourth-order valence-corrected chi connectivity index (χ4v) is 9.71. The summed E-state index contributed by atoms with van der Waals surface area (Å²) in [7, 11) is 0. The van der Waals surface area contributed by atoms with Gasteiger partial charge in [-0.1, -0.05) is 166 Å². The number of aromatic nitrogens is 1. The normalized spacial score (nSPS) is 13.0.